The number of carbonyl (C=O) groups is 2. The SMILES string of the molecule is CC(=O)c1ccc(OCc2cccc(CC(=O)O)c2)cc1Br. The molecule has 0 saturated heterocycles. The van der Waals surface area contributed by atoms with Crippen molar-refractivity contribution in [3.05, 3.63) is 63.6 Å². The van der Waals surface area contributed by atoms with Crippen LogP contribution in [0, 0.1) is 0 Å². The maximum atomic E-state index is 11.4. The van der Waals surface area contributed by atoms with Crippen molar-refractivity contribution in [2.75, 3.05) is 0 Å². The van der Waals surface area contributed by atoms with Crippen molar-refractivity contribution in [2.45, 2.75) is 20.0 Å². The fourth-order valence-electron chi connectivity index (χ4n) is 2.04. The topological polar surface area (TPSA) is 63.6 Å². The highest BCUT2D eigenvalue weighted by atomic mass is 79.9. The Balaban J connectivity index is 2.05. The van der Waals surface area contributed by atoms with Crippen LogP contribution in [0.25, 0.3) is 0 Å². The predicted molar refractivity (Wildman–Crippen MR) is 86.3 cm³/mol. The number of ether oxygens (including phenoxy) is 1. The molecule has 0 radical (unpaired) electrons. The van der Waals surface area contributed by atoms with Crippen molar-refractivity contribution >= 4 is 27.7 Å². The van der Waals surface area contributed by atoms with Gasteiger partial charge in [0.25, 0.3) is 0 Å². The molecule has 1 N–H and O–H groups in total. The molecule has 0 bridgehead atoms. The number of carbonyl (C=O) groups excluding carboxylic acids is 1. The molecule has 5 heteroatoms. The normalized spacial score (nSPS) is 10.3. The van der Waals surface area contributed by atoms with E-state index in [9.17, 15) is 9.59 Å². The van der Waals surface area contributed by atoms with Crippen LogP contribution >= 0.6 is 15.9 Å². The van der Waals surface area contributed by atoms with E-state index in [1.54, 1.807) is 24.3 Å². The van der Waals surface area contributed by atoms with Gasteiger partial charge in [-0.3, -0.25) is 9.59 Å². The number of carboxylic acid groups (broad SMARTS) is 1. The van der Waals surface area contributed by atoms with Crippen LogP contribution in [0.3, 0.4) is 0 Å². The van der Waals surface area contributed by atoms with E-state index in [0.29, 0.717) is 22.4 Å². The largest absolute Gasteiger partial charge is 0.489 e. The van der Waals surface area contributed by atoms with Gasteiger partial charge in [0, 0.05) is 10.0 Å². The molecule has 0 saturated carbocycles. The zero-order chi connectivity index (χ0) is 16.1. The first-order valence-electron chi connectivity index (χ1n) is 6.68. The average Bonchev–Trinajstić information content (AvgIpc) is 2.44. The molecule has 114 valence electrons. The Morgan fingerprint density at radius 1 is 1.14 bits per heavy atom. The summed E-state index contributed by atoms with van der Waals surface area (Å²) < 4.78 is 6.37. The third-order valence-corrected chi connectivity index (χ3v) is 3.73. The summed E-state index contributed by atoms with van der Waals surface area (Å²) in [6, 6.07) is 12.5. The maximum absolute atomic E-state index is 11.4. The number of hydrogen-bond acceptors (Lipinski definition) is 3. The minimum atomic E-state index is -0.859. The van der Waals surface area contributed by atoms with Crippen LogP contribution in [0.2, 0.25) is 0 Å². The highest BCUT2D eigenvalue weighted by Crippen LogP contribution is 2.24. The quantitative estimate of drug-likeness (QED) is 0.792. The monoisotopic (exact) mass is 362 g/mol. The number of benzene rings is 2. The molecule has 0 aliphatic heterocycles. The summed E-state index contributed by atoms with van der Waals surface area (Å²) in [7, 11) is 0. The fraction of sp³-hybridized carbons (Fsp3) is 0.176. The second-order valence-electron chi connectivity index (χ2n) is 4.88. The molecule has 0 fully saturated rings. The van der Waals surface area contributed by atoms with Crippen LogP contribution < -0.4 is 4.74 Å². The minimum Gasteiger partial charge on any atom is -0.489 e. The van der Waals surface area contributed by atoms with Gasteiger partial charge in [-0.15, -0.1) is 0 Å². The first kappa shape index (κ1) is 16.2. The number of rotatable bonds is 6. The molecule has 0 aromatic heterocycles. The van der Waals surface area contributed by atoms with Crippen LogP contribution in [0.1, 0.15) is 28.4 Å². The fourth-order valence-corrected chi connectivity index (χ4v) is 2.68. The summed E-state index contributed by atoms with van der Waals surface area (Å²) in [6.45, 7) is 1.84. The molecule has 0 heterocycles. The van der Waals surface area contributed by atoms with Crippen molar-refractivity contribution in [1.29, 1.82) is 0 Å². The zero-order valence-electron chi connectivity index (χ0n) is 12.0. The second kappa shape index (κ2) is 7.22. The van der Waals surface area contributed by atoms with Crippen molar-refractivity contribution < 1.29 is 19.4 Å². The lowest BCUT2D eigenvalue weighted by atomic mass is 10.1. The maximum Gasteiger partial charge on any atom is 0.307 e. The molecule has 0 aliphatic rings. The number of hydrogen-bond donors (Lipinski definition) is 1. The van der Waals surface area contributed by atoms with Gasteiger partial charge in [-0.05, 0) is 52.2 Å². The van der Waals surface area contributed by atoms with Crippen LogP contribution in [0.5, 0.6) is 5.75 Å². The standard InChI is InChI=1S/C17H15BrO4/c1-11(19)15-6-5-14(9-16(15)18)22-10-13-4-2-3-12(7-13)8-17(20)21/h2-7,9H,8,10H2,1H3,(H,20,21). The zero-order valence-corrected chi connectivity index (χ0v) is 13.6. The molecule has 2 aromatic rings. The Labute approximate surface area is 136 Å². The van der Waals surface area contributed by atoms with E-state index in [0.717, 1.165) is 11.1 Å². The first-order valence-corrected chi connectivity index (χ1v) is 7.48. The highest BCUT2D eigenvalue weighted by Gasteiger charge is 2.07. The van der Waals surface area contributed by atoms with Crippen molar-refractivity contribution in [3.8, 4) is 5.75 Å². The van der Waals surface area contributed by atoms with Gasteiger partial charge in [0.1, 0.15) is 12.4 Å². The van der Waals surface area contributed by atoms with E-state index in [1.165, 1.54) is 6.92 Å². The smallest absolute Gasteiger partial charge is 0.307 e. The summed E-state index contributed by atoms with van der Waals surface area (Å²) in [5.41, 5.74) is 2.24. The number of ketones is 1. The Morgan fingerprint density at radius 3 is 2.50 bits per heavy atom. The van der Waals surface area contributed by atoms with Crippen molar-refractivity contribution in [3.63, 3.8) is 0 Å². The molecule has 0 amide bonds. The van der Waals surface area contributed by atoms with E-state index in [-0.39, 0.29) is 12.2 Å². The van der Waals surface area contributed by atoms with Gasteiger partial charge in [-0.2, -0.15) is 0 Å². The second-order valence-corrected chi connectivity index (χ2v) is 5.73. The molecule has 0 spiro atoms. The van der Waals surface area contributed by atoms with Crippen LogP contribution in [-0.4, -0.2) is 16.9 Å². The summed E-state index contributed by atoms with van der Waals surface area (Å²) in [5.74, 6) is -0.234. The molecular formula is C17H15BrO4. The molecule has 22 heavy (non-hydrogen) atoms. The Hall–Kier alpha value is -2.14. The molecule has 2 aromatic carbocycles. The highest BCUT2D eigenvalue weighted by molar-refractivity contribution is 9.10. The summed E-state index contributed by atoms with van der Waals surface area (Å²) >= 11 is 3.35. The first-order chi connectivity index (χ1) is 10.5. The third-order valence-electron chi connectivity index (χ3n) is 3.07. The molecule has 4 nitrogen and oxygen atoms in total. The lowest BCUT2D eigenvalue weighted by molar-refractivity contribution is -0.136. The number of carboxylic acids is 1. The molecule has 0 aliphatic carbocycles. The van der Waals surface area contributed by atoms with E-state index >= 15 is 0 Å². The van der Waals surface area contributed by atoms with Gasteiger partial charge in [0.05, 0.1) is 6.42 Å². The van der Waals surface area contributed by atoms with Gasteiger partial charge in [-0.25, -0.2) is 0 Å². The molecule has 0 atom stereocenters. The van der Waals surface area contributed by atoms with Gasteiger partial charge >= 0.3 is 5.97 Å². The number of Topliss-reactive ketones (excluding diaryl/α,β-unsaturated/α-hetero) is 1. The summed E-state index contributed by atoms with van der Waals surface area (Å²) in [4.78, 5) is 22.1. The van der Waals surface area contributed by atoms with Gasteiger partial charge in [0.15, 0.2) is 5.78 Å². The third kappa shape index (κ3) is 4.43. The Morgan fingerprint density at radius 2 is 1.86 bits per heavy atom. The van der Waals surface area contributed by atoms with Gasteiger partial charge in [0.2, 0.25) is 0 Å². The summed E-state index contributed by atoms with van der Waals surface area (Å²) in [5, 5.41) is 8.80. The average molecular weight is 363 g/mol. The Bertz CT molecular complexity index is 710. The molecular weight excluding hydrogens is 348 g/mol. The van der Waals surface area contributed by atoms with Gasteiger partial charge in [-0.1, -0.05) is 24.3 Å². The van der Waals surface area contributed by atoms with E-state index in [1.807, 2.05) is 18.2 Å². The predicted octanol–water partition coefficient (Wildman–Crippen LogP) is 3.86. The van der Waals surface area contributed by atoms with Crippen molar-refractivity contribution in [2.24, 2.45) is 0 Å². The lowest BCUT2D eigenvalue weighted by Gasteiger charge is -2.09. The van der Waals surface area contributed by atoms with Gasteiger partial charge < -0.3 is 9.84 Å². The van der Waals surface area contributed by atoms with E-state index in [2.05, 4.69) is 15.9 Å². The van der Waals surface area contributed by atoms with Crippen molar-refractivity contribution in [1.82, 2.24) is 0 Å². The van der Waals surface area contributed by atoms with E-state index < -0.39 is 5.97 Å². The van der Waals surface area contributed by atoms with Crippen LogP contribution in [-0.2, 0) is 17.8 Å². The van der Waals surface area contributed by atoms with Crippen LogP contribution in [0.4, 0.5) is 0 Å². The molecule has 2 rings (SSSR count). The minimum absolute atomic E-state index is 0.00725. The Kier molecular flexibility index (Phi) is 5.33. The lowest BCUT2D eigenvalue weighted by Crippen LogP contribution is -2.02. The number of halogens is 1. The molecule has 0 unspecified atom stereocenters. The summed E-state index contributed by atoms with van der Waals surface area (Å²) in [6.07, 6.45) is -0.00725. The van der Waals surface area contributed by atoms with Crippen LogP contribution in [0.15, 0.2) is 46.9 Å². The van der Waals surface area contributed by atoms with E-state index in [4.69, 9.17) is 9.84 Å². The number of aliphatic carboxylic acids is 1.